The summed E-state index contributed by atoms with van der Waals surface area (Å²) in [6.45, 7) is 22.8. The first-order valence-electron chi connectivity index (χ1n) is 9.23. The SMILES string of the molecule is C.C.C=C[Si](C)(CCCC)O[Si](C)(C)O[Si](C)(C)CCCOC(=O)C(=C)C. The van der Waals surface area contributed by atoms with Crippen molar-refractivity contribution in [2.24, 2.45) is 0 Å². The van der Waals surface area contributed by atoms with Crippen LogP contribution < -0.4 is 0 Å². The smallest absolute Gasteiger partial charge is 0.333 e. The van der Waals surface area contributed by atoms with Crippen LogP contribution in [-0.4, -0.2) is 37.8 Å². The van der Waals surface area contributed by atoms with Gasteiger partial charge in [0, 0.05) is 5.57 Å². The van der Waals surface area contributed by atoms with Gasteiger partial charge in [0.15, 0.2) is 8.32 Å². The molecule has 27 heavy (non-hydrogen) atoms. The lowest BCUT2D eigenvalue weighted by molar-refractivity contribution is -0.138. The van der Waals surface area contributed by atoms with Crippen LogP contribution in [-0.2, 0) is 17.8 Å². The molecule has 0 aromatic heterocycles. The Morgan fingerprint density at radius 2 is 1.56 bits per heavy atom. The van der Waals surface area contributed by atoms with Gasteiger partial charge in [0.25, 0.3) is 0 Å². The fourth-order valence-corrected chi connectivity index (χ4v) is 16.6. The molecule has 0 saturated heterocycles. The zero-order valence-electron chi connectivity index (χ0n) is 17.4. The largest absolute Gasteiger partial charge is 0.462 e. The predicted octanol–water partition coefficient (Wildman–Crippen LogP) is 6.81. The van der Waals surface area contributed by atoms with E-state index in [-0.39, 0.29) is 20.8 Å². The van der Waals surface area contributed by atoms with Gasteiger partial charge in [0.05, 0.1) is 6.61 Å². The number of hydrogen-bond donors (Lipinski definition) is 0. The molecule has 0 aromatic rings. The highest BCUT2D eigenvalue weighted by Crippen LogP contribution is 2.27. The van der Waals surface area contributed by atoms with Gasteiger partial charge in [-0.05, 0) is 58.2 Å². The zero-order valence-corrected chi connectivity index (χ0v) is 20.4. The Balaban J connectivity index is -0.00000288. The predicted molar refractivity (Wildman–Crippen MR) is 127 cm³/mol. The molecule has 0 aliphatic carbocycles. The van der Waals surface area contributed by atoms with Gasteiger partial charge in [-0.25, -0.2) is 4.79 Å². The molecule has 0 amide bonds. The van der Waals surface area contributed by atoms with E-state index in [9.17, 15) is 4.79 Å². The van der Waals surface area contributed by atoms with Crippen molar-refractivity contribution in [1.82, 2.24) is 0 Å². The van der Waals surface area contributed by atoms with Crippen molar-refractivity contribution in [1.29, 1.82) is 0 Å². The first kappa shape index (κ1) is 31.2. The normalized spacial score (nSPS) is 13.6. The molecule has 1 atom stereocenters. The fraction of sp³-hybridized carbons (Fsp3) is 0.750. The number of carbonyl (C=O) groups excluding carboxylic acids is 1. The summed E-state index contributed by atoms with van der Waals surface area (Å²) in [6.07, 6.45) is 3.16. The summed E-state index contributed by atoms with van der Waals surface area (Å²) < 4.78 is 18.3. The van der Waals surface area contributed by atoms with Crippen molar-refractivity contribution >= 4 is 31.2 Å². The van der Waals surface area contributed by atoms with Crippen LogP contribution in [0.1, 0.15) is 48.0 Å². The molecule has 4 nitrogen and oxygen atoms in total. The van der Waals surface area contributed by atoms with Gasteiger partial charge < -0.3 is 13.0 Å². The topological polar surface area (TPSA) is 44.8 Å². The summed E-state index contributed by atoms with van der Waals surface area (Å²) in [6, 6.07) is 2.04. The number of ether oxygens (including phenoxy) is 1. The maximum Gasteiger partial charge on any atom is 0.333 e. The number of unbranched alkanes of at least 4 members (excludes halogenated alkanes) is 1. The van der Waals surface area contributed by atoms with E-state index in [1.807, 2.05) is 5.70 Å². The van der Waals surface area contributed by atoms with Crippen molar-refractivity contribution in [2.45, 2.75) is 92.8 Å². The van der Waals surface area contributed by atoms with Gasteiger partial charge in [-0.2, -0.15) is 0 Å². The average molecular weight is 435 g/mol. The van der Waals surface area contributed by atoms with Crippen molar-refractivity contribution < 1.29 is 17.8 Å². The molecular formula is C20H46O4Si3. The summed E-state index contributed by atoms with van der Waals surface area (Å²) in [5.74, 6) is -0.317. The molecule has 0 aromatic carbocycles. The molecule has 0 fully saturated rings. The molecule has 0 bridgehead atoms. The monoisotopic (exact) mass is 434 g/mol. The van der Waals surface area contributed by atoms with E-state index in [4.69, 9.17) is 13.0 Å². The number of carbonyl (C=O) groups is 1. The third kappa shape index (κ3) is 14.2. The van der Waals surface area contributed by atoms with Crippen LogP contribution >= 0.6 is 0 Å². The summed E-state index contributed by atoms with van der Waals surface area (Å²) in [5.41, 5.74) is 2.49. The summed E-state index contributed by atoms with van der Waals surface area (Å²) in [5, 5.41) is 0. The molecule has 0 spiro atoms. The van der Waals surface area contributed by atoms with Crippen molar-refractivity contribution in [3.8, 4) is 0 Å². The number of rotatable bonds is 13. The van der Waals surface area contributed by atoms with Crippen LogP contribution in [0.4, 0.5) is 0 Å². The average Bonchev–Trinajstić information content (AvgIpc) is 2.47. The van der Waals surface area contributed by atoms with Crippen LogP contribution in [0.15, 0.2) is 24.4 Å². The third-order valence-corrected chi connectivity index (χ3v) is 15.7. The molecule has 0 rings (SSSR count). The van der Waals surface area contributed by atoms with Crippen LogP contribution in [0.2, 0.25) is 44.8 Å². The van der Waals surface area contributed by atoms with Gasteiger partial charge in [-0.3, -0.25) is 0 Å². The molecule has 0 radical (unpaired) electrons. The van der Waals surface area contributed by atoms with Crippen molar-refractivity contribution in [3.63, 3.8) is 0 Å². The molecule has 162 valence electrons. The lowest BCUT2D eigenvalue weighted by Gasteiger charge is -2.39. The maximum absolute atomic E-state index is 11.4. The second-order valence-corrected chi connectivity index (χ2v) is 20.0. The van der Waals surface area contributed by atoms with Gasteiger partial charge in [-0.1, -0.05) is 46.9 Å². The summed E-state index contributed by atoms with van der Waals surface area (Å²) in [7, 11) is -5.99. The Morgan fingerprint density at radius 3 is 2.00 bits per heavy atom. The van der Waals surface area contributed by atoms with E-state index in [1.54, 1.807) is 6.92 Å². The Bertz CT molecular complexity index is 464. The minimum atomic E-state index is -2.21. The first-order valence-corrected chi connectivity index (χ1v) is 17.9. The highest BCUT2D eigenvalue weighted by Gasteiger charge is 2.40. The zero-order chi connectivity index (χ0) is 19.7. The van der Waals surface area contributed by atoms with E-state index in [0.29, 0.717) is 12.2 Å². The summed E-state index contributed by atoms with van der Waals surface area (Å²) >= 11 is 0. The van der Waals surface area contributed by atoms with Gasteiger partial charge in [0.1, 0.15) is 0 Å². The number of hydrogen-bond acceptors (Lipinski definition) is 4. The molecule has 0 heterocycles. The second-order valence-electron chi connectivity index (χ2n) is 8.00. The van der Waals surface area contributed by atoms with Crippen LogP contribution in [0.25, 0.3) is 0 Å². The van der Waals surface area contributed by atoms with Crippen LogP contribution in [0.5, 0.6) is 0 Å². The first-order chi connectivity index (χ1) is 11.4. The van der Waals surface area contributed by atoms with Gasteiger partial charge in [-0.15, -0.1) is 6.58 Å². The maximum atomic E-state index is 11.4. The van der Waals surface area contributed by atoms with E-state index >= 15 is 0 Å². The van der Waals surface area contributed by atoms with Gasteiger partial charge >= 0.3 is 14.5 Å². The summed E-state index contributed by atoms with van der Waals surface area (Å²) in [4.78, 5) is 11.4. The van der Waals surface area contributed by atoms with Gasteiger partial charge in [0.2, 0.25) is 8.32 Å². The van der Waals surface area contributed by atoms with E-state index in [2.05, 4.69) is 52.8 Å². The minimum absolute atomic E-state index is 0. The molecule has 0 N–H and O–H groups in total. The van der Waals surface area contributed by atoms with Crippen LogP contribution in [0, 0.1) is 0 Å². The van der Waals surface area contributed by atoms with Crippen LogP contribution in [0.3, 0.4) is 0 Å². The fourth-order valence-electron chi connectivity index (χ4n) is 2.81. The Hall–Kier alpha value is -0.479. The second kappa shape index (κ2) is 13.7. The van der Waals surface area contributed by atoms with Crippen molar-refractivity contribution in [2.75, 3.05) is 6.61 Å². The number of esters is 1. The van der Waals surface area contributed by atoms with E-state index < -0.39 is 25.2 Å². The van der Waals surface area contributed by atoms with Crippen molar-refractivity contribution in [3.05, 3.63) is 24.4 Å². The molecule has 7 heteroatoms. The molecular weight excluding hydrogens is 388 g/mol. The Morgan fingerprint density at radius 1 is 1.00 bits per heavy atom. The molecule has 0 aliphatic heterocycles. The lowest BCUT2D eigenvalue weighted by Crippen LogP contribution is -2.52. The Kier molecular flexibility index (Phi) is 15.8. The standard InChI is InChI=1S/C18H38O4Si3.2CH4/c1-10-12-16-25(9,11-2)22-24(7,8)21-23(5,6)15-13-14-20-18(19)17(3)4;;/h11H,2-3,10,12-16H2,1,4-9H3;2*1H4. The molecule has 0 aliphatic rings. The molecule has 1 unspecified atom stereocenters. The molecule has 0 saturated carbocycles. The highest BCUT2D eigenvalue weighted by atomic mass is 28.5. The van der Waals surface area contributed by atoms with E-state index in [1.165, 1.54) is 12.8 Å². The minimum Gasteiger partial charge on any atom is -0.462 e. The quantitative estimate of drug-likeness (QED) is 0.138. The third-order valence-electron chi connectivity index (χ3n) is 3.96. The van der Waals surface area contributed by atoms with E-state index in [0.717, 1.165) is 18.5 Å². The highest BCUT2D eigenvalue weighted by molar-refractivity contribution is 6.89. The lowest BCUT2D eigenvalue weighted by atomic mass is 10.4. The Labute approximate surface area is 172 Å².